The molecule has 1 amide bonds. The highest BCUT2D eigenvalue weighted by molar-refractivity contribution is 7.99. The van der Waals surface area contributed by atoms with Crippen molar-refractivity contribution in [3.63, 3.8) is 0 Å². The summed E-state index contributed by atoms with van der Waals surface area (Å²) in [7, 11) is 0. The number of nitrogens with one attached hydrogen (secondary N) is 1. The Balaban J connectivity index is 1.12. The highest BCUT2D eigenvalue weighted by Crippen LogP contribution is 2.19. The smallest absolute Gasteiger partial charge is 0.230 e. The number of hydrogen-bond acceptors (Lipinski definition) is 5. The average molecular weight is 483 g/mol. The number of hydrogen-bond donors (Lipinski definition) is 1. The molecule has 0 aliphatic carbocycles. The van der Waals surface area contributed by atoms with E-state index in [0.29, 0.717) is 18.8 Å². The number of fused-ring (bicyclic) bond motifs is 1. The van der Waals surface area contributed by atoms with Crippen molar-refractivity contribution in [2.75, 3.05) is 5.75 Å². The average Bonchev–Trinajstić information content (AvgIpc) is 3.46. The third kappa shape index (κ3) is 5.60. The van der Waals surface area contributed by atoms with Crippen LogP contribution in [0.4, 0.5) is 0 Å². The summed E-state index contributed by atoms with van der Waals surface area (Å²) in [5.74, 6) is 1.09. The van der Waals surface area contributed by atoms with E-state index in [4.69, 9.17) is 0 Å². The Kier molecular flexibility index (Phi) is 6.90. The van der Waals surface area contributed by atoms with Gasteiger partial charge in [-0.3, -0.25) is 4.79 Å². The molecule has 176 valence electrons. The normalized spacial score (nSPS) is 11.1. The van der Waals surface area contributed by atoms with Gasteiger partial charge in [0.1, 0.15) is 5.82 Å². The van der Waals surface area contributed by atoms with Crippen LogP contribution >= 0.6 is 11.8 Å². The molecule has 2 heterocycles. The summed E-state index contributed by atoms with van der Waals surface area (Å²) in [5, 5.41) is 12.2. The minimum Gasteiger partial charge on any atom is -0.351 e. The van der Waals surface area contributed by atoms with Crippen LogP contribution in [0.2, 0.25) is 0 Å². The third-order valence-corrected chi connectivity index (χ3v) is 6.78. The zero-order valence-corrected chi connectivity index (χ0v) is 20.3. The number of nitrogens with zero attached hydrogens (tertiary/aromatic N) is 5. The number of benzene rings is 3. The van der Waals surface area contributed by atoms with Crippen LogP contribution in [0, 0.1) is 6.92 Å². The van der Waals surface area contributed by atoms with Crippen LogP contribution in [-0.4, -0.2) is 36.0 Å². The second kappa shape index (κ2) is 10.6. The van der Waals surface area contributed by atoms with Crippen LogP contribution in [0.25, 0.3) is 11.0 Å². The van der Waals surface area contributed by atoms with E-state index in [-0.39, 0.29) is 5.91 Å². The van der Waals surface area contributed by atoms with Crippen molar-refractivity contribution in [2.24, 2.45) is 0 Å². The lowest BCUT2D eigenvalue weighted by Gasteiger charge is -2.09. The molecule has 0 saturated heterocycles. The van der Waals surface area contributed by atoms with E-state index in [9.17, 15) is 4.79 Å². The molecule has 2 aromatic heterocycles. The first-order chi connectivity index (χ1) is 17.2. The molecule has 0 fully saturated rings. The quantitative estimate of drug-likeness (QED) is 0.314. The Hall–Kier alpha value is -3.91. The highest BCUT2D eigenvalue weighted by atomic mass is 32.2. The summed E-state index contributed by atoms with van der Waals surface area (Å²) in [6.07, 6.45) is 1.87. The molecule has 0 aliphatic heterocycles. The number of aromatic nitrogens is 5. The molecule has 3 aromatic carbocycles. The summed E-state index contributed by atoms with van der Waals surface area (Å²) in [6, 6.07) is 26.6. The monoisotopic (exact) mass is 482 g/mol. The summed E-state index contributed by atoms with van der Waals surface area (Å²) in [4.78, 5) is 16.9. The number of carbonyl (C=O) groups is 1. The Morgan fingerprint density at radius 3 is 2.40 bits per heavy atom. The number of amides is 1. The van der Waals surface area contributed by atoms with E-state index in [1.54, 1.807) is 0 Å². The van der Waals surface area contributed by atoms with Gasteiger partial charge < -0.3 is 14.5 Å². The number of thioether (sulfide) groups is 1. The van der Waals surface area contributed by atoms with E-state index < -0.39 is 0 Å². The maximum absolute atomic E-state index is 12.5. The predicted molar refractivity (Wildman–Crippen MR) is 138 cm³/mol. The number of aryl methyl sites for hydroxylation is 1. The summed E-state index contributed by atoms with van der Waals surface area (Å²) in [6.45, 7) is 3.86. The lowest BCUT2D eigenvalue weighted by Crippen LogP contribution is -2.24. The highest BCUT2D eigenvalue weighted by Gasteiger charge is 2.12. The van der Waals surface area contributed by atoms with Gasteiger partial charge in [0.05, 0.1) is 29.7 Å². The fraction of sp³-hybridized carbons (Fsp3) is 0.185. The first kappa shape index (κ1) is 22.9. The number of rotatable bonds is 9. The van der Waals surface area contributed by atoms with E-state index in [1.165, 1.54) is 22.9 Å². The standard InChI is InChI=1S/C27H26N6OS/c1-20-30-31-27(33(20)17-22-7-3-2-4-8-22)35-18-26(34)28-15-21-11-13-23(14-12-21)16-32-19-29-24-9-5-6-10-25(24)32/h2-14,19H,15-18H2,1H3,(H,28,34). The van der Waals surface area contributed by atoms with Gasteiger partial charge in [0.15, 0.2) is 5.16 Å². The molecule has 0 radical (unpaired) electrons. The Labute approximate surface area is 208 Å². The molecule has 5 rings (SSSR count). The van der Waals surface area contributed by atoms with Gasteiger partial charge in [0.2, 0.25) is 5.91 Å². The molecule has 1 N–H and O–H groups in total. The predicted octanol–water partition coefficient (Wildman–Crippen LogP) is 4.44. The van der Waals surface area contributed by atoms with Crippen molar-refractivity contribution in [1.82, 2.24) is 29.6 Å². The van der Waals surface area contributed by atoms with Gasteiger partial charge in [-0.2, -0.15) is 0 Å². The Morgan fingerprint density at radius 2 is 1.57 bits per heavy atom. The molecular weight excluding hydrogens is 456 g/mol. The molecule has 0 saturated carbocycles. The molecule has 8 heteroatoms. The van der Waals surface area contributed by atoms with Crippen molar-refractivity contribution in [2.45, 2.75) is 31.7 Å². The summed E-state index contributed by atoms with van der Waals surface area (Å²) >= 11 is 1.40. The molecule has 0 atom stereocenters. The van der Waals surface area contributed by atoms with Gasteiger partial charge in [0, 0.05) is 13.1 Å². The molecule has 5 aromatic rings. The van der Waals surface area contributed by atoms with E-state index in [0.717, 1.165) is 34.1 Å². The van der Waals surface area contributed by atoms with Gasteiger partial charge in [-0.1, -0.05) is 78.5 Å². The Bertz CT molecular complexity index is 1430. The van der Waals surface area contributed by atoms with Crippen LogP contribution < -0.4 is 5.32 Å². The maximum Gasteiger partial charge on any atom is 0.230 e. The molecular formula is C27H26N6OS. The van der Waals surface area contributed by atoms with Crippen LogP contribution in [0.5, 0.6) is 0 Å². The number of para-hydroxylation sites is 2. The van der Waals surface area contributed by atoms with Crippen molar-refractivity contribution in [1.29, 1.82) is 0 Å². The maximum atomic E-state index is 12.5. The van der Waals surface area contributed by atoms with Crippen LogP contribution in [0.1, 0.15) is 22.5 Å². The molecule has 0 aliphatic rings. The fourth-order valence-electron chi connectivity index (χ4n) is 3.89. The molecule has 7 nitrogen and oxygen atoms in total. The second-order valence-corrected chi connectivity index (χ2v) is 9.29. The second-order valence-electron chi connectivity index (χ2n) is 8.34. The van der Waals surface area contributed by atoms with Crippen molar-refractivity contribution in [3.8, 4) is 0 Å². The van der Waals surface area contributed by atoms with Crippen LogP contribution in [0.15, 0.2) is 90.3 Å². The fourth-order valence-corrected chi connectivity index (χ4v) is 4.71. The lowest BCUT2D eigenvalue weighted by atomic mass is 10.1. The first-order valence-corrected chi connectivity index (χ1v) is 12.5. The molecule has 0 bridgehead atoms. The van der Waals surface area contributed by atoms with Crippen LogP contribution in [-0.2, 0) is 24.4 Å². The largest absolute Gasteiger partial charge is 0.351 e. The van der Waals surface area contributed by atoms with Gasteiger partial charge in [-0.15, -0.1) is 10.2 Å². The summed E-state index contributed by atoms with van der Waals surface area (Å²) in [5.41, 5.74) is 5.54. The van der Waals surface area contributed by atoms with Gasteiger partial charge >= 0.3 is 0 Å². The third-order valence-electron chi connectivity index (χ3n) is 5.81. The van der Waals surface area contributed by atoms with E-state index in [2.05, 4.69) is 67.5 Å². The Morgan fingerprint density at radius 1 is 0.857 bits per heavy atom. The van der Waals surface area contributed by atoms with E-state index in [1.807, 2.05) is 54.2 Å². The number of imidazole rings is 1. The van der Waals surface area contributed by atoms with Gasteiger partial charge in [-0.25, -0.2) is 4.98 Å². The van der Waals surface area contributed by atoms with Crippen molar-refractivity contribution >= 4 is 28.7 Å². The van der Waals surface area contributed by atoms with Gasteiger partial charge in [0.25, 0.3) is 0 Å². The molecule has 0 unspecified atom stereocenters. The minimum atomic E-state index is -0.0316. The molecule has 35 heavy (non-hydrogen) atoms. The van der Waals surface area contributed by atoms with Gasteiger partial charge in [-0.05, 0) is 35.7 Å². The molecule has 0 spiro atoms. The zero-order chi connectivity index (χ0) is 24.0. The van der Waals surface area contributed by atoms with E-state index >= 15 is 0 Å². The minimum absolute atomic E-state index is 0.0316. The number of carbonyl (C=O) groups excluding carboxylic acids is 1. The lowest BCUT2D eigenvalue weighted by molar-refractivity contribution is -0.118. The zero-order valence-electron chi connectivity index (χ0n) is 19.5. The summed E-state index contributed by atoms with van der Waals surface area (Å²) < 4.78 is 4.18. The van der Waals surface area contributed by atoms with Crippen molar-refractivity contribution in [3.05, 3.63) is 108 Å². The van der Waals surface area contributed by atoms with Crippen molar-refractivity contribution < 1.29 is 4.79 Å². The first-order valence-electron chi connectivity index (χ1n) is 11.5. The SMILES string of the molecule is Cc1nnc(SCC(=O)NCc2ccc(Cn3cnc4ccccc43)cc2)n1Cc1ccccc1. The topological polar surface area (TPSA) is 77.6 Å². The van der Waals surface area contributed by atoms with Crippen LogP contribution in [0.3, 0.4) is 0 Å².